The molecule has 0 rings (SSSR count). The second kappa shape index (κ2) is 7.02. The average Bonchev–Trinajstić information content (AvgIpc) is 2.12. The van der Waals surface area contributed by atoms with Crippen molar-refractivity contribution in [3.63, 3.8) is 0 Å². The van der Waals surface area contributed by atoms with Gasteiger partial charge >= 0.3 is 0 Å². The molecule has 0 saturated carbocycles. The van der Waals surface area contributed by atoms with Crippen molar-refractivity contribution in [1.29, 1.82) is 0 Å². The summed E-state index contributed by atoms with van der Waals surface area (Å²) >= 11 is 0. The van der Waals surface area contributed by atoms with Crippen LogP contribution in [-0.4, -0.2) is 25.3 Å². The molecule has 0 fully saturated rings. The molecular formula is C12H25NO. The van der Waals surface area contributed by atoms with E-state index in [-0.39, 0.29) is 5.60 Å². The zero-order valence-electron chi connectivity index (χ0n) is 10.3. The van der Waals surface area contributed by atoms with Crippen molar-refractivity contribution in [3.05, 3.63) is 12.2 Å². The molecule has 0 aliphatic carbocycles. The molecule has 1 N–H and O–H groups in total. The standard InChI is InChI=1S/C12H25NO/c1-6-7-8-9-13-11(2)10-12(3,4)14-5/h6-7,11,13H,8-10H2,1-5H3/b7-6+. The fourth-order valence-electron chi connectivity index (χ4n) is 1.47. The number of ether oxygens (including phenoxy) is 1. The second-order valence-corrected chi connectivity index (χ2v) is 4.38. The van der Waals surface area contributed by atoms with Gasteiger partial charge in [0.1, 0.15) is 0 Å². The van der Waals surface area contributed by atoms with E-state index in [2.05, 4.69) is 45.2 Å². The lowest BCUT2D eigenvalue weighted by Crippen LogP contribution is -2.36. The van der Waals surface area contributed by atoms with Crippen LogP contribution in [0.5, 0.6) is 0 Å². The molecule has 0 saturated heterocycles. The topological polar surface area (TPSA) is 21.3 Å². The van der Waals surface area contributed by atoms with E-state index in [1.54, 1.807) is 7.11 Å². The van der Waals surface area contributed by atoms with Gasteiger partial charge in [0, 0.05) is 13.2 Å². The molecule has 0 spiro atoms. The van der Waals surface area contributed by atoms with Crippen LogP contribution in [0.2, 0.25) is 0 Å². The Labute approximate surface area is 88.7 Å². The van der Waals surface area contributed by atoms with E-state index in [1.165, 1.54) is 0 Å². The lowest BCUT2D eigenvalue weighted by atomic mass is 10.00. The first-order chi connectivity index (χ1) is 6.52. The number of hydrogen-bond donors (Lipinski definition) is 1. The van der Waals surface area contributed by atoms with Crippen LogP contribution >= 0.6 is 0 Å². The van der Waals surface area contributed by atoms with Crippen LogP contribution in [-0.2, 0) is 4.74 Å². The first-order valence-electron chi connectivity index (χ1n) is 5.41. The number of methoxy groups -OCH3 is 1. The van der Waals surface area contributed by atoms with Gasteiger partial charge in [-0.15, -0.1) is 0 Å². The van der Waals surface area contributed by atoms with Crippen LogP contribution in [0.4, 0.5) is 0 Å². The van der Waals surface area contributed by atoms with Crippen LogP contribution < -0.4 is 5.32 Å². The maximum absolute atomic E-state index is 5.38. The smallest absolute Gasteiger partial charge is 0.0637 e. The Hall–Kier alpha value is -0.340. The average molecular weight is 199 g/mol. The van der Waals surface area contributed by atoms with Crippen molar-refractivity contribution < 1.29 is 4.74 Å². The summed E-state index contributed by atoms with van der Waals surface area (Å²) in [6.07, 6.45) is 6.42. The summed E-state index contributed by atoms with van der Waals surface area (Å²) < 4.78 is 5.38. The summed E-state index contributed by atoms with van der Waals surface area (Å²) in [5.74, 6) is 0. The van der Waals surface area contributed by atoms with Crippen molar-refractivity contribution in [3.8, 4) is 0 Å². The Morgan fingerprint density at radius 1 is 1.43 bits per heavy atom. The van der Waals surface area contributed by atoms with Crippen molar-refractivity contribution >= 4 is 0 Å². The van der Waals surface area contributed by atoms with Gasteiger partial charge in [0.15, 0.2) is 0 Å². The summed E-state index contributed by atoms with van der Waals surface area (Å²) in [6.45, 7) is 9.55. The molecule has 1 atom stereocenters. The number of nitrogens with one attached hydrogen (secondary N) is 1. The number of allylic oxidation sites excluding steroid dienone is 1. The van der Waals surface area contributed by atoms with E-state index in [0.717, 1.165) is 19.4 Å². The third-order valence-electron chi connectivity index (χ3n) is 2.39. The molecule has 0 aromatic carbocycles. The fourth-order valence-corrected chi connectivity index (χ4v) is 1.47. The van der Waals surface area contributed by atoms with Crippen LogP contribution in [0.15, 0.2) is 12.2 Å². The summed E-state index contributed by atoms with van der Waals surface area (Å²) in [5.41, 5.74) is -0.0208. The largest absolute Gasteiger partial charge is 0.379 e. The minimum absolute atomic E-state index is 0.0208. The highest BCUT2D eigenvalue weighted by molar-refractivity contribution is 4.80. The molecule has 0 aliphatic rings. The predicted octanol–water partition coefficient (Wildman–Crippen LogP) is 2.75. The van der Waals surface area contributed by atoms with Gasteiger partial charge in [-0.2, -0.15) is 0 Å². The molecule has 0 bridgehead atoms. The van der Waals surface area contributed by atoms with Gasteiger partial charge in [-0.05, 0) is 47.1 Å². The summed E-state index contributed by atoms with van der Waals surface area (Å²) in [6, 6.07) is 0.509. The van der Waals surface area contributed by atoms with Crippen LogP contribution in [0.1, 0.15) is 40.5 Å². The molecule has 2 heteroatoms. The minimum Gasteiger partial charge on any atom is -0.379 e. The molecule has 0 aromatic heterocycles. The second-order valence-electron chi connectivity index (χ2n) is 4.38. The molecule has 0 radical (unpaired) electrons. The van der Waals surface area contributed by atoms with Crippen LogP contribution in [0.3, 0.4) is 0 Å². The molecule has 2 nitrogen and oxygen atoms in total. The highest BCUT2D eigenvalue weighted by atomic mass is 16.5. The first-order valence-corrected chi connectivity index (χ1v) is 5.41. The third-order valence-corrected chi connectivity index (χ3v) is 2.39. The highest BCUT2D eigenvalue weighted by Gasteiger charge is 2.19. The van der Waals surface area contributed by atoms with E-state index in [0.29, 0.717) is 6.04 Å². The molecule has 1 unspecified atom stereocenters. The lowest BCUT2D eigenvalue weighted by Gasteiger charge is -2.27. The van der Waals surface area contributed by atoms with Crippen molar-refractivity contribution in [2.24, 2.45) is 0 Å². The minimum atomic E-state index is -0.0208. The van der Waals surface area contributed by atoms with Gasteiger partial charge in [0.05, 0.1) is 5.60 Å². The van der Waals surface area contributed by atoms with E-state index in [4.69, 9.17) is 4.74 Å². The summed E-state index contributed by atoms with van der Waals surface area (Å²) in [5, 5.41) is 3.48. The lowest BCUT2D eigenvalue weighted by molar-refractivity contribution is 0.00866. The van der Waals surface area contributed by atoms with E-state index in [1.807, 2.05) is 0 Å². The van der Waals surface area contributed by atoms with E-state index < -0.39 is 0 Å². The molecular weight excluding hydrogens is 174 g/mol. The molecule has 14 heavy (non-hydrogen) atoms. The highest BCUT2D eigenvalue weighted by Crippen LogP contribution is 2.15. The molecule has 0 aromatic rings. The van der Waals surface area contributed by atoms with Gasteiger partial charge in [-0.1, -0.05) is 12.2 Å². The van der Waals surface area contributed by atoms with Gasteiger partial charge in [0.25, 0.3) is 0 Å². The quantitative estimate of drug-likeness (QED) is 0.503. The van der Waals surface area contributed by atoms with E-state index in [9.17, 15) is 0 Å². The SMILES string of the molecule is C/C=C/CCNC(C)CC(C)(C)OC. The van der Waals surface area contributed by atoms with Gasteiger partial charge in [-0.3, -0.25) is 0 Å². The normalized spacial score (nSPS) is 14.9. The number of hydrogen-bond acceptors (Lipinski definition) is 2. The predicted molar refractivity (Wildman–Crippen MR) is 62.6 cm³/mol. The monoisotopic (exact) mass is 199 g/mol. The maximum Gasteiger partial charge on any atom is 0.0637 e. The van der Waals surface area contributed by atoms with Crippen molar-refractivity contribution in [1.82, 2.24) is 5.32 Å². The summed E-state index contributed by atoms with van der Waals surface area (Å²) in [7, 11) is 1.77. The van der Waals surface area contributed by atoms with Crippen LogP contribution in [0.25, 0.3) is 0 Å². The van der Waals surface area contributed by atoms with Gasteiger partial charge in [-0.25, -0.2) is 0 Å². The molecule has 84 valence electrons. The molecule has 0 aliphatic heterocycles. The fraction of sp³-hybridized carbons (Fsp3) is 0.833. The maximum atomic E-state index is 5.38. The first kappa shape index (κ1) is 13.7. The van der Waals surface area contributed by atoms with E-state index >= 15 is 0 Å². The molecule has 0 amide bonds. The van der Waals surface area contributed by atoms with Crippen LogP contribution in [0, 0.1) is 0 Å². The zero-order chi connectivity index (χ0) is 11.0. The molecule has 0 heterocycles. The Morgan fingerprint density at radius 2 is 2.07 bits per heavy atom. The van der Waals surface area contributed by atoms with Crippen molar-refractivity contribution in [2.45, 2.75) is 52.2 Å². The zero-order valence-corrected chi connectivity index (χ0v) is 10.3. The Morgan fingerprint density at radius 3 is 2.57 bits per heavy atom. The third kappa shape index (κ3) is 7.10. The Balaban J connectivity index is 3.59. The summed E-state index contributed by atoms with van der Waals surface area (Å²) in [4.78, 5) is 0. The van der Waals surface area contributed by atoms with Gasteiger partial charge in [0.2, 0.25) is 0 Å². The Bertz CT molecular complexity index is 164. The van der Waals surface area contributed by atoms with Crippen molar-refractivity contribution in [2.75, 3.05) is 13.7 Å². The van der Waals surface area contributed by atoms with Gasteiger partial charge < -0.3 is 10.1 Å². The Kier molecular flexibility index (Phi) is 6.85. The number of rotatable bonds is 7.